The van der Waals surface area contributed by atoms with Crippen LogP contribution in [0.5, 0.6) is 5.75 Å². The van der Waals surface area contributed by atoms with E-state index in [2.05, 4.69) is 5.32 Å². The third-order valence-electron chi connectivity index (χ3n) is 7.05. The van der Waals surface area contributed by atoms with Crippen LogP contribution in [-0.2, 0) is 9.30 Å². The largest absolute Gasteiger partial charge is 0.497 e. The van der Waals surface area contributed by atoms with Crippen molar-refractivity contribution in [3.05, 3.63) is 63.8 Å². The highest BCUT2D eigenvalue weighted by molar-refractivity contribution is 7.51. The summed E-state index contributed by atoms with van der Waals surface area (Å²) in [5, 5.41) is 8.80. The Hall–Kier alpha value is -2.39. The number of nitrogens with zero attached hydrogens (tertiary/aromatic N) is 2. The predicted octanol–water partition coefficient (Wildman–Crippen LogP) is 6.04. The van der Waals surface area contributed by atoms with Gasteiger partial charge in [0, 0.05) is 35.4 Å². The first kappa shape index (κ1) is 30.6. The van der Waals surface area contributed by atoms with Crippen LogP contribution in [0.25, 0.3) is 16.9 Å². The molecule has 216 valence electrons. The van der Waals surface area contributed by atoms with Crippen LogP contribution in [0, 0.1) is 12.8 Å². The minimum absolute atomic E-state index is 0.0296. The number of ether oxygens (including phenoxy) is 2. The predicted molar refractivity (Wildman–Crippen MR) is 156 cm³/mol. The van der Waals surface area contributed by atoms with E-state index in [0.29, 0.717) is 46.8 Å². The number of hydrogen-bond donors (Lipinski definition) is 3. The van der Waals surface area contributed by atoms with Crippen molar-refractivity contribution in [1.82, 2.24) is 15.1 Å². The Balaban J connectivity index is 1.51. The Morgan fingerprint density at radius 2 is 1.93 bits per heavy atom. The van der Waals surface area contributed by atoms with Gasteiger partial charge < -0.3 is 24.6 Å². The second-order valence-electron chi connectivity index (χ2n) is 10.1. The molecule has 1 amide bonds. The zero-order valence-corrected chi connectivity index (χ0v) is 24.9. The maximum atomic E-state index is 13.5. The lowest BCUT2D eigenvalue weighted by Crippen LogP contribution is -2.39. The number of methoxy groups -OCH3 is 1. The molecule has 0 bridgehead atoms. The average molecular weight is 610 g/mol. The van der Waals surface area contributed by atoms with Gasteiger partial charge in [0.05, 0.1) is 29.7 Å². The van der Waals surface area contributed by atoms with Gasteiger partial charge in [-0.15, -0.1) is 0 Å². The van der Waals surface area contributed by atoms with Crippen LogP contribution < -0.4 is 10.1 Å². The molecule has 40 heavy (non-hydrogen) atoms. The summed E-state index contributed by atoms with van der Waals surface area (Å²) in [4.78, 5) is 31.5. The molecule has 1 aliphatic carbocycles. The number of carbonyl (C=O) groups is 1. The van der Waals surface area contributed by atoms with Crippen molar-refractivity contribution in [3.63, 3.8) is 0 Å². The van der Waals surface area contributed by atoms with E-state index in [9.17, 15) is 9.36 Å². The van der Waals surface area contributed by atoms with Crippen molar-refractivity contribution >= 4 is 36.7 Å². The second-order valence-corrected chi connectivity index (χ2v) is 12.7. The zero-order valence-electron chi connectivity index (χ0n) is 22.5. The fraction of sp³-hybridized carbons (Fsp3) is 0.429. The highest BCUT2D eigenvalue weighted by Gasteiger charge is 2.28. The summed E-state index contributed by atoms with van der Waals surface area (Å²) < 4.78 is 23.7. The van der Waals surface area contributed by atoms with E-state index in [0.717, 1.165) is 42.5 Å². The molecule has 12 heteroatoms. The fourth-order valence-electron chi connectivity index (χ4n) is 5.08. The first-order valence-electron chi connectivity index (χ1n) is 13.2. The lowest BCUT2D eigenvalue weighted by atomic mass is 9.86. The van der Waals surface area contributed by atoms with Crippen molar-refractivity contribution in [2.75, 3.05) is 26.5 Å². The van der Waals surface area contributed by atoms with E-state index in [1.165, 1.54) is 0 Å². The topological polar surface area (TPSA) is 123 Å². The third kappa shape index (κ3) is 7.87. The van der Waals surface area contributed by atoms with Crippen LogP contribution in [0.2, 0.25) is 10.0 Å². The Bertz CT molecular complexity index is 1380. The number of halogens is 2. The van der Waals surface area contributed by atoms with Gasteiger partial charge in [-0.05, 0) is 81.0 Å². The molecule has 0 radical (unpaired) electrons. The molecule has 1 heterocycles. The zero-order chi connectivity index (χ0) is 28.9. The SMILES string of the molecule is COc1ccc(-c2c(C)c(C(=O)NC3CCCC(COCCCP(=O)(O)O)C3)nn2-c2ccc(Cl)cc2Cl)cc1. The first-order valence-corrected chi connectivity index (χ1v) is 15.7. The van der Waals surface area contributed by atoms with Crippen LogP contribution in [0.4, 0.5) is 0 Å². The van der Waals surface area contributed by atoms with E-state index in [1.54, 1.807) is 30.0 Å². The van der Waals surface area contributed by atoms with Gasteiger partial charge in [0.25, 0.3) is 5.91 Å². The molecule has 1 saturated carbocycles. The second kappa shape index (κ2) is 13.5. The van der Waals surface area contributed by atoms with Crippen LogP contribution in [0.15, 0.2) is 42.5 Å². The normalized spacial score (nSPS) is 17.6. The Kier molecular flexibility index (Phi) is 10.3. The molecular formula is C28H34Cl2N3O6P. The summed E-state index contributed by atoms with van der Waals surface area (Å²) >= 11 is 12.7. The lowest BCUT2D eigenvalue weighted by Gasteiger charge is -2.29. The number of benzene rings is 2. The van der Waals surface area contributed by atoms with Crippen LogP contribution in [0.3, 0.4) is 0 Å². The van der Waals surface area contributed by atoms with E-state index in [1.807, 2.05) is 31.2 Å². The highest BCUT2D eigenvalue weighted by Crippen LogP contribution is 2.35. The maximum Gasteiger partial charge on any atom is 0.325 e. The summed E-state index contributed by atoms with van der Waals surface area (Å²) in [7, 11) is -2.40. The lowest BCUT2D eigenvalue weighted by molar-refractivity contribution is 0.0741. The number of carbonyl (C=O) groups excluding carboxylic acids is 1. The Morgan fingerprint density at radius 3 is 2.60 bits per heavy atom. The van der Waals surface area contributed by atoms with Crippen molar-refractivity contribution < 1.29 is 28.6 Å². The number of amides is 1. The van der Waals surface area contributed by atoms with E-state index >= 15 is 0 Å². The summed E-state index contributed by atoms with van der Waals surface area (Å²) in [6.45, 7) is 2.67. The average Bonchev–Trinajstić information content (AvgIpc) is 3.25. The fourth-order valence-corrected chi connectivity index (χ4v) is 6.11. The molecule has 1 aromatic heterocycles. The third-order valence-corrected chi connectivity index (χ3v) is 8.48. The summed E-state index contributed by atoms with van der Waals surface area (Å²) in [6, 6.07) is 12.7. The van der Waals surface area contributed by atoms with Crippen molar-refractivity contribution in [3.8, 4) is 22.7 Å². The molecule has 0 aliphatic heterocycles. The molecule has 3 aromatic rings. The van der Waals surface area contributed by atoms with Gasteiger partial charge in [-0.1, -0.05) is 29.6 Å². The monoisotopic (exact) mass is 609 g/mol. The summed E-state index contributed by atoms with van der Waals surface area (Å²) in [5.74, 6) is 0.715. The van der Waals surface area contributed by atoms with Crippen LogP contribution >= 0.6 is 30.8 Å². The molecule has 1 fully saturated rings. The van der Waals surface area contributed by atoms with Gasteiger partial charge in [-0.25, -0.2) is 4.68 Å². The van der Waals surface area contributed by atoms with E-state index in [-0.39, 0.29) is 24.0 Å². The summed E-state index contributed by atoms with van der Waals surface area (Å²) in [5.41, 5.74) is 3.22. The number of nitrogens with one attached hydrogen (secondary N) is 1. The van der Waals surface area contributed by atoms with E-state index in [4.69, 9.17) is 47.6 Å². The Labute approximate surface area is 243 Å². The molecule has 1 aliphatic rings. The molecule has 4 rings (SSSR count). The van der Waals surface area contributed by atoms with Crippen LogP contribution in [0.1, 0.15) is 48.2 Å². The molecular weight excluding hydrogens is 576 g/mol. The molecule has 9 nitrogen and oxygen atoms in total. The van der Waals surface area contributed by atoms with Crippen molar-refractivity contribution in [2.24, 2.45) is 5.92 Å². The number of hydrogen-bond acceptors (Lipinski definition) is 5. The summed E-state index contributed by atoms with van der Waals surface area (Å²) in [6.07, 6.45) is 3.68. The smallest absolute Gasteiger partial charge is 0.325 e. The van der Waals surface area contributed by atoms with Gasteiger partial charge in [-0.2, -0.15) is 5.10 Å². The minimum Gasteiger partial charge on any atom is -0.497 e. The molecule has 2 unspecified atom stereocenters. The van der Waals surface area contributed by atoms with Gasteiger partial charge >= 0.3 is 7.60 Å². The van der Waals surface area contributed by atoms with Gasteiger partial charge in [0.15, 0.2) is 5.69 Å². The molecule has 0 saturated heterocycles. The number of rotatable bonds is 11. The highest BCUT2D eigenvalue weighted by atomic mass is 35.5. The van der Waals surface area contributed by atoms with E-state index < -0.39 is 7.60 Å². The Morgan fingerprint density at radius 1 is 1.18 bits per heavy atom. The molecule has 0 spiro atoms. The van der Waals surface area contributed by atoms with Crippen molar-refractivity contribution in [1.29, 1.82) is 0 Å². The van der Waals surface area contributed by atoms with Gasteiger partial charge in [0.2, 0.25) is 0 Å². The standard InChI is InChI=1S/C28H34Cl2N3O6P/c1-18-26(28(34)31-22-6-3-5-19(15-22)17-39-13-4-14-40(35,36)37)32-33(25-12-9-21(29)16-24(25)30)27(18)20-7-10-23(38-2)11-8-20/h7-12,16,19,22H,3-6,13-15,17H2,1-2H3,(H,31,34)(H2,35,36,37). The molecule has 3 N–H and O–H groups in total. The quantitative estimate of drug-likeness (QED) is 0.179. The van der Waals surface area contributed by atoms with Crippen molar-refractivity contribution in [2.45, 2.75) is 45.1 Å². The first-order chi connectivity index (χ1) is 19.1. The van der Waals surface area contributed by atoms with Gasteiger partial charge in [-0.3, -0.25) is 9.36 Å². The maximum absolute atomic E-state index is 13.5. The van der Waals surface area contributed by atoms with Gasteiger partial charge in [0.1, 0.15) is 5.75 Å². The molecule has 2 aromatic carbocycles. The van der Waals surface area contributed by atoms with Crippen LogP contribution in [-0.4, -0.2) is 58.0 Å². The minimum atomic E-state index is -4.00. The molecule has 2 atom stereocenters. The number of aromatic nitrogens is 2.